The molecule has 1 unspecified atom stereocenters. The molecule has 1 atom stereocenters. The minimum absolute atomic E-state index is 0.343. The predicted molar refractivity (Wildman–Crippen MR) is 36.5 cm³/mol. The Morgan fingerprint density at radius 2 is 2.33 bits per heavy atom. The van der Waals surface area contributed by atoms with Crippen LogP contribution in [-0.4, -0.2) is 20.8 Å². The minimum atomic E-state index is -3.20. The van der Waals surface area contributed by atoms with Crippen molar-refractivity contribution in [2.24, 2.45) is 5.92 Å². The summed E-state index contributed by atoms with van der Waals surface area (Å²) in [7, 11) is -2.32. The van der Waals surface area contributed by atoms with Crippen LogP contribution in [0.25, 0.3) is 0 Å². The second kappa shape index (κ2) is 2.48. The molecule has 0 aromatic rings. The molecule has 5 heteroatoms. The predicted octanol–water partition coefficient (Wildman–Crippen LogP) is 0.631. The van der Waals surface area contributed by atoms with Gasteiger partial charge in [0.15, 0.2) is 0 Å². The highest BCUT2D eigenvalue weighted by molar-refractivity contribution is 8.70. The minimum Gasteiger partial charge on any atom is -0.262 e. The first-order valence-electron chi connectivity index (χ1n) is 2.64. The molecule has 1 heterocycles. The van der Waals surface area contributed by atoms with Gasteiger partial charge in [-0.15, -0.1) is 0 Å². The SMILES string of the molecule is CC1COS(=O)(=O)SC1. The van der Waals surface area contributed by atoms with Crippen molar-refractivity contribution in [1.82, 2.24) is 0 Å². The van der Waals surface area contributed by atoms with Crippen LogP contribution in [0.1, 0.15) is 6.92 Å². The summed E-state index contributed by atoms with van der Waals surface area (Å²) in [4.78, 5) is 0. The maximum atomic E-state index is 10.5. The standard InChI is InChI=1S/C4H8O3S2/c1-4-2-7-9(5,6)8-3-4/h4H,2-3H2,1H3. The summed E-state index contributed by atoms with van der Waals surface area (Å²) >= 11 is 0. The van der Waals surface area contributed by atoms with Gasteiger partial charge in [0.2, 0.25) is 0 Å². The highest BCUT2D eigenvalue weighted by Gasteiger charge is 2.21. The van der Waals surface area contributed by atoms with Gasteiger partial charge in [0.1, 0.15) is 0 Å². The molecule has 1 aliphatic heterocycles. The summed E-state index contributed by atoms with van der Waals surface area (Å²) in [5, 5.41) is 0. The lowest BCUT2D eigenvalue weighted by molar-refractivity contribution is 0.280. The summed E-state index contributed by atoms with van der Waals surface area (Å²) in [5.41, 5.74) is 0. The van der Waals surface area contributed by atoms with Crippen LogP contribution in [-0.2, 0) is 13.3 Å². The van der Waals surface area contributed by atoms with Gasteiger partial charge >= 0.3 is 9.15 Å². The van der Waals surface area contributed by atoms with Gasteiger partial charge in [0.05, 0.1) is 6.61 Å². The monoisotopic (exact) mass is 168 g/mol. The van der Waals surface area contributed by atoms with Gasteiger partial charge in [0.25, 0.3) is 0 Å². The molecular formula is C4H8O3S2. The molecule has 1 fully saturated rings. The molecule has 9 heavy (non-hydrogen) atoms. The zero-order valence-electron chi connectivity index (χ0n) is 5.03. The van der Waals surface area contributed by atoms with Crippen molar-refractivity contribution < 1.29 is 12.6 Å². The lowest BCUT2D eigenvalue weighted by Gasteiger charge is -2.15. The van der Waals surface area contributed by atoms with Crippen LogP contribution in [0.2, 0.25) is 0 Å². The van der Waals surface area contributed by atoms with Crippen LogP contribution in [0.15, 0.2) is 0 Å². The normalized spacial score (nSPS) is 34.1. The van der Waals surface area contributed by atoms with Crippen LogP contribution in [0, 0.1) is 5.92 Å². The largest absolute Gasteiger partial charge is 0.322 e. The summed E-state index contributed by atoms with van der Waals surface area (Å²) in [6, 6.07) is 0. The van der Waals surface area contributed by atoms with E-state index in [0.717, 1.165) is 10.8 Å². The Balaban J connectivity index is 2.55. The lowest BCUT2D eigenvalue weighted by atomic mass is 10.2. The fraction of sp³-hybridized carbons (Fsp3) is 1.00. The average Bonchev–Trinajstić information content (AvgIpc) is 1.78. The van der Waals surface area contributed by atoms with E-state index in [4.69, 9.17) is 0 Å². The molecule has 0 amide bonds. The first-order valence-corrected chi connectivity index (χ1v) is 5.55. The van der Waals surface area contributed by atoms with E-state index in [0.29, 0.717) is 18.3 Å². The number of hydrogen-bond acceptors (Lipinski definition) is 4. The van der Waals surface area contributed by atoms with Crippen molar-refractivity contribution in [2.45, 2.75) is 6.92 Å². The van der Waals surface area contributed by atoms with E-state index in [1.54, 1.807) is 0 Å². The van der Waals surface area contributed by atoms with Crippen molar-refractivity contribution in [3.05, 3.63) is 0 Å². The zero-order valence-corrected chi connectivity index (χ0v) is 6.67. The summed E-state index contributed by atoms with van der Waals surface area (Å²) in [6.45, 7) is 2.30. The summed E-state index contributed by atoms with van der Waals surface area (Å²) in [6.07, 6.45) is 0. The molecule has 3 nitrogen and oxygen atoms in total. The third-order valence-electron chi connectivity index (χ3n) is 0.994. The Morgan fingerprint density at radius 1 is 1.67 bits per heavy atom. The Labute approximate surface area is 58.3 Å². The van der Waals surface area contributed by atoms with Crippen molar-refractivity contribution in [1.29, 1.82) is 0 Å². The fourth-order valence-electron chi connectivity index (χ4n) is 0.481. The van der Waals surface area contributed by atoms with Gasteiger partial charge in [0, 0.05) is 5.75 Å². The van der Waals surface area contributed by atoms with E-state index in [-0.39, 0.29) is 0 Å². The van der Waals surface area contributed by atoms with E-state index >= 15 is 0 Å². The molecule has 0 radical (unpaired) electrons. The number of rotatable bonds is 0. The highest BCUT2D eigenvalue weighted by atomic mass is 33.1. The van der Waals surface area contributed by atoms with Crippen molar-refractivity contribution in [2.75, 3.05) is 12.4 Å². The van der Waals surface area contributed by atoms with E-state index < -0.39 is 9.15 Å². The Kier molecular flexibility index (Phi) is 2.03. The second-order valence-corrected chi connectivity index (χ2v) is 5.64. The van der Waals surface area contributed by atoms with E-state index in [2.05, 4.69) is 4.18 Å². The van der Waals surface area contributed by atoms with E-state index in [9.17, 15) is 8.42 Å². The zero-order chi connectivity index (χ0) is 6.91. The molecular weight excluding hydrogens is 160 g/mol. The van der Waals surface area contributed by atoms with Crippen LogP contribution in [0.5, 0.6) is 0 Å². The third kappa shape index (κ3) is 2.15. The van der Waals surface area contributed by atoms with Crippen LogP contribution in [0.3, 0.4) is 0 Å². The molecule has 0 aromatic heterocycles. The molecule has 54 valence electrons. The Bertz CT molecular complexity index is 170. The molecule has 1 saturated heterocycles. The van der Waals surface area contributed by atoms with Crippen LogP contribution in [0.4, 0.5) is 0 Å². The van der Waals surface area contributed by atoms with E-state index in [1.165, 1.54) is 0 Å². The van der Waals surface area contributed by atoms with Gasteiger partial charge < -0.3 is 0 Å². The molecule has 0 aromatic carbocycles. The van der Waals surface area contributed by atoms with Crippen LogP contribution >= 0.6 is 10.8 Å². The quantitative estimate of drug-likeness (QED) is 0.498. The molecule has 0 bridgehead atoms. The highest BCUT2D eigenvalue weighted by Crippen LogP contribution is 2.24. The maximum absolute atomic E-state index is 10.5. The maximum Gasteiger partial charge on any atom is 0.322 e. The molecule has 0 aliphatic carbocycles. The van der Waals surface area contributed by atoms with E-state index in [1.807, 2.05) is 6.92 Å². The smallest absolute Gasteiger partial charge is 0.262 e. The third-order valence-corrected chi connectivity index (χ3v) is 3.98. The van der Waals surface area contributed by atoms with Gasteiger partial charge in [-0.1, -0.05) is 6.92 Å². The Morgan fingerprint density at radius 3 is 2.67 bits per heavy atom. The van der Waals surface area contributed by atoms with Gasteiger partial charge in [-0.2, -0.15) is 8.42 Å². The summed E-state index contributed by atoms with van der Waals surface area (Å²) in [5.74, 6) is 1.01. The Hall–Kier alpha value is 0.260. The van der Waals surface area contributed by atoms with Crippen LogP contribution < -0.4 is 0 Å². The first-order chi connectivity index (χ1) is 4.10. The van der Waals surface area contributed by atoms with Gasteiger partial charge in [-0.3, -0.25) is 4.18 Å². The number of hydrogen-bond donors (Lipinski definition) is 0. The molecule has 1 rings (SSSR count). The van der Waals surface area contributed by atoms with Crippen molar-refractivity contribution in [3.8, 4) is 0 Å². The molecule has 0 saturated carbocycles. The fourth-order valence-corrected chi connectivity index (χ4v) is 3.01. The topological polar surface area (TPSA) is 43.4 Å². The second-order valence-electron chi connectivity index (χ2n) is 2.08. The lowest BCUT2D eigenvalue weighted by Crippen LogP contribution is -2.18. The molecule has 0 spiro atoms. The van der Waals surface area contributed by atoms with Crippen molar-refractivity contribution >= 4 is 19.9 Å². The molecule has 1 aliphatic rings. The average molecular weight is 168 g/mol. The van der Waals surface area contributed by atoms with Crippen molar-refractivity contribution in [3.63, 3.8) is 0 Å². The summed E-state index contributed by atoms with van der Waals surface area (Å²) < 4.78 is 25.6. The van der Waals surface area contributed by atoms with Gasteiger partial charge in [-0.05, 0) is 16.7 Å². The van der Waals surface area contributed by atoms with Gasteiger partial charge in [-0.25, -0.2) is 0 Å². The molecule has 0 N–H and O–H groups in total. The first kappa shape index (κ1) is 7.37.